The summed E-state index contributed by atoms with van der Waals surface area (Å²) in [5.41, 5.74) is 2.24. The highest BCUT2D eigenvalue weighted by Gasteiger charge is 2.18. The van der Waals surface area contributed by atoms with Crippen molar-refractivity contribution in [3.63, 3.8) is 0 Å². The number of hydrogen-bond acceptors (Lipinski definition) is 1. The Balaban J connectivity index is 2.28. The molecule has 0 atom stereocenters. The van der Waals surface area contributed by atoms with Gasteiger partial charge in [-0.1, -0.05) is 46.4 Å². The van der Waals surface area contributed by atoms with E-state index in [0.717, 1.165) is 11.1 Å². The highest BCUT2D eigenvalue weighted by atomic mass is 79.9. The average Bonchev–Trinajstić information content (AvgIpc) is 2.91. The molecule has 1 aromatic heterocycles. The van der Waals surface area contributed by atoms with Crippen LogP contribution in [-0.2, 0) is 0 Å². The second-order valence-electron chi connectivity index (χ2n) is 4.19. The Labute approximate surface area is 157 Å². The number of halogens is 6. The van der Waals surface area contributed by atoms with E-state index in [9.17, 15) is 0 Å². The van der Waals surface area contributed by atoms with Crippen molar-refractivity contribution in [3.8, 4) is 11.4 Å². The highest BCUT2D eigenvalue weighted by Crippen LogP contribution is 2.43. The fourth-order valence-corrected chi connectivity index (χ4v) is 3.75. The number of rotatable bonds is 1. The molecule has 0 fully saturated rings. The van der Waals surface area contributed by atoms with E-state index in [4.69, 9.17) is 46.4 Å². The molecule has 0 aliphatic carbocycles. The Morgan fingerprint density at radius 3 is 2.24 bits per heavy atom. The lowest BCUT2D eigenvalue weighted by molar-refractivity contribution is 1.33. The molecule has 21 heavy (non-hydrogen) atoms. The number of aromatic amines is 1. The van der Waals surface area contributed by atoms with Crippen molar-refractivity contribution in [2.75, 3.05) is 0 Å². The molecule has 3 aromatic rings. The molecule has 0 saturated heterocycles. The van der Waals surface area contributed by atoms with Gasteiger partial charge in [-0.15, -0.1) is 0 Å². The van der Waals surface area contributed by atoms with Crippen molar-refractivity contribution in [1.29, 1.82) is 0 Å². The fourth-order valence-electron chi connectivity index (χ4n) is 1.88. The van der Waals surface area contributed by atoms with Gasteiger partial charge in [0.1, 0.15) is 11.3 Å². The lowest BCUT2D eigenvalue weighted by Crippen LogP contribution is -1.80. The molecule has 0 amide bonds. The van der Waals surface area contributed by atoms with Crippen molar-refractivity contribution in [1.82, 2.24) is 9.97 Å². The molecule has 0 bridgehead atoms. The molecule has 8 heteroatoms. The molecule has 2 nitrogen and oxygen atoms in total. The Hall–Kier alpha value is 0.0300. The van der Waals surface area contributed by atoms with Crippen molar-refractivity contribution < 1.29 is 0 Å². The fraction of sp³-hybridized carbons (Fsp3) is 0. The van der Waals surface area contributed by atoms with Crippen molar-refractivity contribution in [2.24, 2.45) is 0 Å². The number of imidazole rings is 1. The van der Waals surface area contributed by atoms with E-state index >= 15 is 0 Å². The number of nitrogens with zero attached hydrogens (tertiary/aromatic N) is 1. The van der Waals surface area contributed by atoms with Crippen LogP contribution in [0.3, 0.4) is 0 Å². The number of H-pyrrole nitrogens is 1. The molecule has 2 aromatic carbocycles. The standard InChI is InChI=1S/C13H4Br2Cl4N2/c14-7-9(18)10(19)8(15)12-11(7)20-13(21-12)4-1-2-5(16)6(17)3-4/h1-3H,(H,20,21). The number of nitrogens with one attached hydrogen (secondary N) is 1. The van der Waals surface area contributed by atoms with E-state index in [2.05, 4.69) is 41.8 Å². The number of fused-ring (bicyclic) bond motifs is 1. The highest BCUT2D eigenvalue weighted by molar-refractivity contribution is 9.11. The number of benzene rings is 2. The first kappa shape index (κ1) is 15.9. The Bertz CT molecular complexity index is 831. The van der Waals surface area contributed by atoms with Crippen molar-refractivity contribution in [3.05, 3.63) is 47.2 Å². The molecule has 0 aliphatic rings. The maximum atomic E-state index is 6.17. The molecule has 1 heterocycles. The van der Waals surface area contributed by atoms with Crippen LogP contribution >= 0.6 is 78.3 Å². The van der Waals surface area contributed by atoms with Gasteiger partial charge in [-0.3, -0.25) is 0 Å². The summed E-state index contributed by atoms with van der Waals surface area (Å²) in [6.45, 7) is 0. The van der Waals surface area contributed by atoms with Crippen LogP contribution in [0.1, 0.15) is 0 Å². The Morgan fingerprint density at radius 1 is 0.905 bits per heavy atom. The zero-order chi connectivity index (χ0) is 15.3. The van der Waals surface area contributed by atoms with E-state index < -0.39 is 0 Å². The van der Waals surface area contributed by atoms with Crippen LogP contribution in [0.15, 0.2) is 27.1 Å². The van der Waals surface area contributed by atoms with E-state index in [0.29, 0.717) is 40.4 Å². The smallest absolute Gasteiger partial charge is 0.138 e. The van der Waals surface area contributed by atoms with Crippen LogP contribution in [-0.4, -0.2) is 9.97 Å². The van der Waals surface area contributed by atoms with Gasteiger partial charge in [0.2, 0.25) is 0 Å². The van der Waals surface area contributed by atoms with E-state index in [1.165, 1.54) is 0 Å². The molecule has 1 N–H and O–H groups in total. The van der Waals surface area contributed by atoms with Gasteiger partial charge in [-0.2, -0.15) is 0 Å². The van der Waals surface area contributed by atoms with Gasteiger partial charge in [0.15, 0.2) is 0 Å². The third kappa shape index (κ3) is 2.71. The van der Waals surface area contributed by atoms with E-state index in [1.807, 2.05) is 6.07 Å². The van der Waals surface area contributed by atoms with Crippen LogP contribution in [0.5, 0.6) is 0 Å². The van der Waals surface area contributed by atoms with Crippen molar-refractivity contribution in [2.45, 2.75) is 0 Å². The monoisotopic (exact) mass is 486 g/mol. The Kier molecular flexibility index (Phi) is 4.48. The minimum absolute atomic E-state index is 0.406. The topological polar surface area (TPSA) is 28.7 Å². The SMILES string of the molecule is Clc1ccc(-c2nc3c(Br)c(Cl)c(Cl)c(Br)c3[nH]2)cc1Cl. The summed E-state index contributed by atoms with van der Waals surface area (Å²) in [7, 11) is 0. The molecule has 3 rings (SSSR count). The summed E-state index contributed by atoms with van der Waals surface area (Å²) < 4.78 is 1.29. The summed E-state index contributed by atoms with van der Waals surface area (Å²) in [6, 6.07) is 5.29. The first-order chi connectivity index (χ1) is 9.90. The summed E-state index contributed by atoms with van der Waals surface area (Å²) in [6.07, 6.45) is 0. The Morgan fingerprint density at radius 2 is 1.57 bits per heavy atom. The van der Waals surface area contributed by atoms with Crippen LogP contribution in [0, 0.1) is 0 Å². The molecule has 108 valence electrons. The van der Waals surface area contributed by atoms with Gasteiger partial charge in [-0.25, -0.2) is 4.98 Å². The zero-order valence-corrected chi connectivity index (χ0v) is 16.1. The van der Waals surface area contributed by atoms with Crippen LogP contribution < -0.4 is 0 Å². The molecular formula is C13H4Br2Cl4N2. The number of aromatic nitrogens is 2. The second kappa shape index (κ2) is 5.91. The molecule has 0 spiro atoms. The molecule has 0 saturated carbocycles. The van der Waals surface area contributed by atoms with Gasteiger partial charge in [-0.05, 0) is 50.1 Å². The van der Waals surface area contributed by atoms with E-state index in [-0.39, 0.29) is 0 Å². The van der Waals surface area contributed by atoms with E-state index in [1.54, 1.807) is 12.1 Å². The third-order valence-electron chi connectivity index (χ3n) is 2.90. The molecular weight excluding hydrogens is 486 g/mol. The van der Waals surface area contributed by atoms with Crippen molar-refractivity contribution >= 4 is 89.3 Å². The van der Waals surface area contributed by atoms with Crippen LogP contribution in [0.2, 0.25) is 20.1 Å². The summed E-state index contributed by atoms with van der Waals surface area (Å²) in [5.74, 6) is 0.642. The predicted octanol–water partition coefficient (Wildman–Crippen LogP) is 7.37. The number of hydrogen-bond donors (Lipinski definition) is 1. The van der Waals surface area contributed by atoms with Gasteiger partial charge in [0.05, 0.1) is 34.6 Å². The first-order valence-corrected chi connectivity index (χ1v) is 8.67. The lowest BCUT2D eigenvalue weighted by Gasteiger charge is -2.03. The maximum absolute atomic E-state index is 6.17. The normalized spacial score (nSPS) is 11.3. The lowest BCUT2D eigenvalue weighted by atomic mass is 10.2. The summed E-state index contributed by atoms with van der Waals surface area (Å²) >= 11 is 31.1. The van der Waals surface area contributed by atoms with Gasteiger partial charge >= 0.3 is 0 Å². The molecule has 0 aliphatic heterocycles. The van der Waals surface area contributed by atoms with Crippen LogP contribution in [0.25, 0.3) is 22.4 Å². The summed E-state index contributed by atoms with van der Waals surface area (Å²) in [4.78, 5) is 7.74. The van der Waals surface area contributed by atoms with Gasteiger partial charge < -0.3 is 4.98 Å². The predicted molar refractivity (Wildman–Crippen MR) is 97.0 cm³/mol. The minimum Gasteiger partial charge on any atom is -0.337 e. The van der Waals surface area contributed by atoms with Gasteiger partial charge in [0.25, 0.3) is 0 Å². The maximum Gasteiger partial charge on any atom is 0.138 e. The minimum atomic E-state index is 0.406. The average molecular weight is 490 g/mol. The quantitative estimate of drug-likeness (QED) is 0.280. The van der Waals surface area contributed by atoms with Crippen LogP contribution in [0.4, 0.5) is 0 Å². The third-order valence-corrected chi connectivity index (χ3v) is 6.52. The molecule has 0 radical (unpaired) electrons. The second-order valence-corrected chi connectivity index (χ2v) is 7.35. The summed E-state index contributed by atoms with van der Waals surface area (Å²) in [5, 5.41) is 1.78. The van der Waals surface area contributed by atoms with Gasteiger partial charge in [0, 0.05) is 5.56 Å². The first-order valence-electron chi connectivity index (χ1n) is 5.57. The zero-order valence-electron chi connectivity index (χ0n) is 9.95. The molecule has 0 unspecified atom stereocenters. The largest absolute Gasteiger partial charge is 0.337 e.